The van der Waals surface area contributed by atoms with Crippen LogP contribution in [0.15, 0.2) is 17.0 Å². The monoisotopic (exact) mass is 293 g/mol. The maximum absolute atomic E-state index is 13.3. The Morgan fingerprint density at radius 1 is 1.39 bits per heavy atom. The van der Waals surface area contributed by atoms with Gasteiger partial charge in [0.1, 0.15) is 5.82 Å². The number of thiol groups is 1. The van der Waals surface area contributed by atoms with E-state index in [0.717, 1.165) is 12.8 Å². The van der Waals surface area contributed by atoms with Crippen LogP contribution in [0.5, 0.6) is 0 Å². The van der Waals surface area contributed by atoms with E-state index in [9.17, 15) is 4.39 Å². The van der Waals surface area contributed by atoms with Crippen molar-refractivity contribution in [1.29, 1.82) is 0 Å². The Labute approximate surface area is 117 Å². The molecule has 0 aliphatic rings. The van der Waals surface area contributed by atoms with Crippen LogP contribution in [0.4, 0.5) is 10.1 Å². The van der Waals surface area contributed by atoms with Crippen molar-refractivity contribution in [2.24, 2.45) is 0 Å². The van der Waals surface area contributed by atoms with E-state index in [1.54, 1.807) is 14.2 Å². The Kier molecular flexibility index (Phi) is 6.78. The summed E-state index contributed by atoms with van der Waals surface area (Å²) in [5.41, 5.74) is 0.568. The van der Waals surface area contributed by atoms with Gasteiger partial charge in [-0.3, -0.25) is 0 Å². The molecule has 1 aromatic rings. The number of anilines is 1. The third-order valence-corrected chi connectivity index (χ3v) is 3.15. The van der Waals surface area contributed by atoms with E-state index >= 15 is 0 Å². The summed E-state index contributed by atoms with van der Waals surface area (Å²) in [4.78, 5) is 0.240. The van der Waals surface area contributed by atoms with E-state index in [1.165, 1.54) is 12.1 Å². The number of benzene rings is 1. The number of hydrogen-bond donors (Lipinski definition) is 2. The summed E-state index contributed by atoms with van der Waals surface area (Å²) in [5.74, 6) is -0.392. The van der Waals surface area contributed by atoms with E-state index in [4.69, 9.17) is 21.1 Å². The molecular formula is C12H17ClFNO2S. The second-order valence-electron chi connectivity index (χ2n) is 3.75. The first kappa shape index (κ1) is 15.6. The Bertz CT molecular complexity index is 389. The third kappa shape index (κ3) is 4.65. The van der Waals surface area contributed by atoms with Crippen molar-refractivity contribution in [2.45, 2.75) is 24.0 Å². The van der Waals surface area contributed by atoms with Gasteiger partial charge in [-0.15, -0.1) is 12.6 Å². The second kappa shape index (κ2) is 7.84. The van der Waals surface area contributed by atoms with E-state index < -0.39 is 5.82 Å². The van der Waals surface area contributed by atoms with E-state index in [0.29, 0.717) is 17.3 Å². The van der Waals surface area contributed by atoms with Gasteiger partial charge >= 0.3 is 0 Å². The highest BCUT2D eigenvalue weighted by atomic mass is 35.5. The number of methoxy groups -OCH3 is 2. The summed E-state index contributed by atoms with van der Waals surface area (Å²) < 4.78 is 23.4. The van der Waals surface area contributed by atoms with Gasteiger partial charge in [-0.05, 0) is 25.0 Å². The van der Waals surface area contributed by atoms with Crippen molar-refractivity contribution in [1.82, 2.24) is 0 Å². The van der Waals surface area contributed by atoms with Crippen LogP contribution < -0.4 is 5.32 Å². The summed E-state index contributed by atoms with van der Waals surface area (Å²) in [7, 11) is 3.19. The van der Waals surface area contributed by atoms with Crippen molar-refractivity contribution in [3.05, 3.63) is 23.0 Å². The minimum Gasteiger partial charge on any atom is -0.384 e. The summed E-state index contributed by atoms with van der Waals surface area (Å²) in [6.45, 7) is 0.661. The largest absolute Gasteiger partial charge is 0.384 e. The summed E-state index contributed by atoms with van der Waals surface area (Å²) in [6, 6.07) is 2.82. The average Bonchev–Trinajstić information content (AvgIpc) is 2.35. The van der Waals surface area contributed by atoms with Gasteiger partial charge in [0.2, 0.25) is 0 Å². The van der Waals surface area contributed by atoms with Crippen LogP contribution in [-0.4, -0.2) is 27.1 Å². The predicted octanol–water partition coefficient (Wildman–Crippen LogP) is 3.58. The highest BCUT2D eigenvalue weighted by Gasteiger charge is 2.07. The number of rotatable bonds is 7. The molecule has 0 heterocycles. The molecule has 102 valence electrons. The van der Waals surface area contributed by atoms with Crippen LogP contribution in [0.1, 0.15) is 12.8 Å². The number of ether oxygens (including phenoxy) is 2. The Morgan fingerprint density at radius 2 is 2.06 bits per heavy atom. The lowest BCUT2D eigenvalue weighted by atomic mass is 10.2. The molecular weight excluding hydrogens is 277 g/mol. The molecule has 0 aliphatic carbocycles. The van der Waals surface area contributed by atoms with Gasteiger partial charge in [0.05, 0.1) is 10.7 Å². The van der Waals surface area contributed by atoms with Gasteiger partial charge in [-0.1, -0.05) is 11.6 Å². The zero-order chi connectivity index (χ0) is 13.5. The smallest absolute Gasteiger partial charge is 0.156 e. The van der Waals surface area contributed by atoms with Crippen LogP contribution in [0.25, 0.3) is 0 Å². The molecule has 0 bridgehead atoms. The lowest BCUT2D eigenvalue weighted by Gasteiger charge is -2.14. The maximum Gasteiger partial charge on any atom is 0.156 e. The van der Waals surface area contributed by atoms with Crippen molar-refractivity contribution in [2.75, 3.05) is 26.1 Å². The van der Waals surface area contributed by atoms with Gasteiger partial charge in [0.15, 0.2) is 6.29 Å². The Balaban J connectivity index is 2.42. The standard InChI is InChI=1S/C12H17ClFNO2S/c1-16-12(17-2)4-3-5-15-10-7-9(14)11(18)6-8(10)13/h6-7,12,15,18H,3-5H2,1-2H3. The van der Waals surface area contributed by atoms with Crippen LogP contribution in [0.3, 0.4) is 0 Å². The first-order valence-corrected chi connectivity index (χ1v) is 6.38. The Morgan fingerprint density at radius 3 is 2.67 bits per heavy atom. The highest BCUT2D eigenvalue weighted by molar-refractivity contribution is 7.80. The second-order valence-corrected chi connectivity index (χ2v) is 4.64. The molecule has 0 spiro atoms. The molecule has 18 heavy (non-hydrogen) atoms. The van der Waals surface area contributed by atoms with Crippen LogP contribution in [0, 0.1) is 5.82 Å². The number of halogens is 2. The molecule has 1 rings (SSSR count). The fourth-order valence-corrected chi connectivity index (χ4v) is 2.00. The highest BCUT2D eigenvalue weighted by Crippen LogP contribution is 2.27. The van der Waals surface area contributed by atoms with Crippen molar-refractivity contribution in [3.8, 4) is 0 Å². The van der Waals surface area contributed by atoms with Gasteiger partial charge in [0, 0.05) is 25.7 Å². The molecule has 1 N–H and O–H groups in total. The molecule has 0 aliphatic heterocycles. The van der Waals surface area contributed by atoms with Crippen molar-refractivity contribution in [3.63, 3.8) is 0 Å². The summed E-state index contributed by atoms with van der Waals surface area (Å²) in [6.07, 6.45) is 1.37. The lowest BCUT2D eigenvalue weighted by Crippen LogP contribution is -2.14. The van der Waals surface area contributed by atoms with E-state index in [1.807, 2.05) is 0 Å². The van der Waals surface area contributed by atoms with E-state index in [2.05, 4.69) is 17.9 Å². The molecule has 3 nitrogen and oxygen atoms in total. The molecule has 1 aromatic carbocycles. The molecule has 0 aromatic heterocycles. The first-order valence-electron chi connectivity index (χ1n) is 5.56. The van der Waals surface area contributed by atoms with Gasteiger partial charge in [-0.2, -0.15) is 0 Å². The molecule has 0 saturated carbocycles. The zero-order valence-corrected chi connectivity index (χ0v) is 12.0. The molecule has 0 unspecified atom stereocenters. The fourth-order valence-electron chi connectivity index (χ4n) is 1.50. The quantitative estimate of drug-likeness (QED) is 0.458. The van der Waals surface area contributed by atoms with Crippen LogP contribution in [0.2, 0.25) is 5.02 Å². The van der Waals surface area contributed by atoms with Gasteiger partial charge < -0.3 is 14.8 Å². The lowest BCUT2D eigenvalue weighted by molar-refractivity contribution is -0.106. The third-order valence-electron chi connectivity index (χ3n) is 2.49. The summed E-state index contributed by atoms with van der Waals surface area (Å²) in [5, 5.41) is 3.52. The Hall–Kier alpha value is -0.490. The van der Waals surface area contributed by atoms with Gasteiger partial charge in [0.25, 0.3) is 0 Å². The first-order chi connectivity index (χ1) is 8.58. The van der Waals surface area contributed by atoms with E-state index in [-0.39, 0.29) is 11.2 Å². The van der Waals surface area contributed by atoms with Crippen LogP contribution >= 0.6 is 24.2 Å². The average molecular weight is 294 g/mol. The number of nitrogens with one attached hydrogen (secondary N) is 1. The van der Waals surface area contributed by atoms with Crippen molar-refractivity contribution < 1.29 is 13.9 Å². The summed E-state index contributed by atoms with van der Waals surface area (Å²) >= 11 is 9.93. The predicted molar refractivity (Wildman–Crippen MR) is 74.2 cm³/mol. The topological polar surface area (TPSA) is 30.5 Å². The molecule has 0 saturated heterocycles. The molecule has 0 atom stereocenters. The number of hydrogen-bond acceptors (Lipinski definition) is 4. The zero-order valence-electron chi connectivity index (χ0n) is 10.4. The molecule has 0 amide bonds. The molecule has 6 heteroatoms. The molecule has 0 radical (unpaired) electrons. The minimum absolute atomic E-state index is 0.209. The van der Waals surface area contributed by atoms with Gasteiger partial charge in [-0.25, -0.2) is 4.39 Å². The molecule has 0 fully saturated rings. The normalized spacial score (nSPS) is 11.0. The van der Waals surface area contributed by atoms with Crippen molar-refractivity contribution >= 4 is 29.9 Å². The minimum atomic E-state index is -0.392. The maximum atomic E-state index is 13.3. The fraction of sp³-hybridized carbons (Fsp3) is 0.500. The SMILES string of the molecule is COC(CCCNc1cc(F)c(S)cc1Cl)OC. The van der Waals surface area contributed by atoms with Crippen LogP contribution in [-0.2, 0) is 9.47 Å².